The van der Waals surface area contributed by atoms with Crippen LogP contribution in [0.3, 0.4) is 0 Å². The summed E-state index contributed by atoms with van der Waals surface area (Å²) in [4.78, 5) is 23.1. The lowest BCUT2D eigenvalue weighted by Crippen LogP contribution is -2.35. The summed E-state index contributed by atoms with van der Waals surface area (Å²) in [5, 5.41) is 0. The first kappa shape index (κ1) is 9.44. The number of ether oxygens (including phenoxy) is 1. The van der Waals surface area contributed by atoms with Crippen LogP contribution in [0.4, 0.5) is 0 Å². The number of rotatable bonds is 1. The van der Waals surface area contributed by atoms with Gasteiger partial charge in [0, 0.05) is 12.8 Å². The van der Waals surface area contributed by atoms with E-state index < -0.39 is 5.41 Å². The summed E-state index contributed by atoms with van der Waals surface area (Å²) in [6, 6.07) is 0. The molecule has 0 spiro atoms. The van der Waals surface area contributed by atoms with Gasteiger partial charge in [-0.25, -0.2) is 0 Å². The van der Waals surface area contributed by atoms with E-state index >= 15 is 0 Å². The van der Waals surface area contributed by atoms with Crippen molar-refractivity contribution in [3.8, 4) is 0 Å². The minimum atomic E-state index is -0.564. The van der Waals surface area contributed by atoms with Crippen LogP contribution in [0.25, 0.3) is 0 Å². The summed E-state index contributed by atoms with van der Waals surface area (Å²) < 4.78 is 4.78. The fraction of sp³-hybridized carbons (Fsp3) is 0.636. The van der Waals surface area contributed by atoms with E-state index in [4.69, 9.17) is 4.74 Å². The van der Waals surface area contributed by atoms with E-state index in [1.807, 2.05) is 0 Å². The predicted octanol–water partition coefficient (Wildman–Crippen LogP) is 1.47. The maximum Gasteiger partial charge on any atom is 0.312 e. The largest absolute Gasteiger partial charge is 0.469 e. The lowest BCUT2D eigenvalue weighted by atomic mass is 9.75. The van der Waals surface area contributed by atoms with Gasteiger partial charge in [0.2, 0.25) is 0 Å². The van der Waals surface area contributed by atoms with Crippen molar-refractivity contribution < 1.29 is 14.3 Å². The first-order valence-corrected chi connectivity index (χ1v) is 4.85. The van der Waals surface area contributed by atoms with Crippen molar-refractivity contribution >= 4 is 11.8 Å². The zero-order valence-corrected chi connectivity index (χ0v) is 8.34. The monoisotopic (exact) mass is 194 g/mol. The van der Waals surface area contributed by atoms with Crippen LogP contribution in [0.5, 0.6) is 0 Å². The molecule has 2 fully saturated rings. The van der Waals surface area contributed by atoms with Crippen molar-refractivity contribution in [2.45, 2.75) is 25.7 Å². The Bertz CT molecular complexity index is 314. The van der Waals surface area contributed by atoms with E-state index in [0.29, 0.717) is 19.3 Å². The number of Topliss-reactive ketones (excluding diaryl/α,β-unsaturated/α-hetero) is 1. The third kappa shape index (κ3) is 1.19. The molecule has 3 heteroatoms. The summed E-state index contributed by atoms with van der Waals surface area (Å²) in [5.41, 5.74) is 0.479. The van der Waals surface area contributed by atoms with Crippen LogP contribution in [0.1, 0.15) is 25.7 Å². The molecule has 0 aromatic carbocycles. The average molecular weight is 194 g/mol. The highest BCUT2D eigenvalue weighted by Crippen LogP contribution is 2.52. The van der Waals surface area contributed by atoms with Crippen LogP contribution >= 0.6 is 0 Å². The van der Waals surface area contributed by atoms with Gasteiger partial charge in [0.1, 0.15) is 5.78 Å². The molecule has 0 aliphatic heterocycles. The summed E-state index contributed by atoms with van der Waals surface area (Å²) in [6.07, 6.45) is 2.30. The molecule has 0 aromatic heterocycles. The molecule has 2 aliphatic rings. The SMILES string of the molecule is C=C1CC2(C(=O)OC)CC(=O)CC1C2. The third-order valence-electron chi connectivity index (χ3n) is 3.41. The van der Waals surface area contributed by atoms with Crippen LogP contribution in [-0.2, 0) is 14.3 Å². The maximum absolute atomic E-state index is 11.6. The lowest BCUT2D eigenvalue weighted by molar-refractivity contribution is -0.156. The van der Waals surface area contributed by atoms with Gasteiger partial charge < -0.3 is 4.74 Å². The first-order chi connectivity index (χ1) is 6.57. The van der Waals surface area contributed by atoms with Crippen LogP contribution < -0.4 is 0 Å². The number of allylic oxidation sites excluding steroid dienone is 1. The van der Waals surface area contributed by atoms with E-state index in [1.54, 1.807) is 0 Å². The van der Waals surface area contributed by atoms with Gasteiger partial charge in [-0.2, -0.15) is 0 Å². The number of hydrogen-bond donors (Lipinski definition) is 0. The fourth-order valence-corrected chi connectivity index (χ4v) is 2.79. The highest BCUT2D eigenvalue weighted by atomic mass is 16.5. The van der Waals surface area contributed by atoms with E-state index in [2.05, 4.69) is 6.58 Å². The van der Waals surface area contributed by atoms with E-state index in [1.165, 1.54) is 7.11 Å². The first-order valence-electron chi connectivity index (χ1n) is 4.85. The van der Waals surface area contributed by atoms with Crippen molar-refractivity contribution in [3.63, 3.8) is 0 Å². The predicted molar refractivity (Wildman–Crippen MR) is 50.6 cm³/mol. The van der Waals surface area contributed by atoms with E-state index in [-0.39, 0.29) is 17.7 Å². The molecule has 2 atom stereocenters. The van der Waals surface area contributed by atoms with Crippen molar-refractivity contribution in [3.05, 3.63) is 12.2 Å². The fourth-order valence-electron chi connectivity index (χ4n) is 2.79. The maximum atomic E-state index is 11.6. The molecule has 0 saturated heterocycles. The van der Waals surface area contributed by atoms with Gasteiger partial charge in [-0.1, -0.05) is 12.2 Å². The molecule has 0 aromatic rings. The molecule has 0 N–H and O–H groups in total. The quantitative estimate of drug-likeness (QED) is 0.469. The van der Waals surface area contributed by atoms with Gasteiger partial charge in [-0.05, 0) is 18.8 Å². The van der Waals surface area contributed by atoms with Gasteiger partial charge in [0.05, 0.1) is 12.5 Å². The average Bonchev–Trinajstić information content (AvgIpc) is 2.37. The zero-order valence-electron chi connectivity index (χ0n) is 8.34. The smallest absolute Gasteiger partial charge is 0.312 e. The molecule has 76 valence electrons. The van der Waals surface area contributed by atoms with Gasteiger partial charge in [0.25, 0.3) is 0 Å². The molecule has 2 rings (SSSR count). The number of fused-ring (bicyclic) bond motifs is 2. The minimum absolute atomic E-state index is 0.172. The summed E-state index contributed by atoms with van der Waals surface area (Å²) >= 11 is 0. The zero-order chi connectivity index (χ0) is 10.3. The number of ketones is 1. The highest BCUT2D eigenvalue weighted by Gasteiger charge is 2.52. The van der Waals surface area contributed by atoms with Crippen molar-refractivity contribution in [2.24, 2.45) is 11.3 Å². The van der Waals surface area contributed by atoms with Crippen LogP contribution in [0.2, 0.25) is 0 Å². The Balaban J connectivity index is 2.31. The Morgan fingerprint density at radius 2 is 2.29 bits per heavy atom. The Morgan fingerprint density at radius 1 is 1.57 bits per heavy atom. The molecule has 14 heavy (non-hydrogen) atoms. The second-order valence-corrected chi connectivity index (χ2v) is 4.43. The molecule has 2 saturated carbocycles. The van der Waals surface area contributed by atoms with E-state index in [9.17, 15) is 9.59 Å². The van der Waals surface area contributed by atoms with Crippen molar-refractivity contribution in [1.29, 1.82) is 0 Å². The second kappa shape index (κ2) is 2.94. The number of methoxy groups -OCH3 is 1. The third-order valence-corrected chi connectivity index (χ3v) is 3.41. The molecule has 0 radical (unpaired) electrons. The summed E-state index contributed by atoms with van der Waals surface area (Å²) in [6.45, 7) is 3.93. The van der Waals surface area contributed by atoms with Gasteiger partial charge >= 0.3 is 5.97 Å². The molecular formula is C11H14O3. The molecular weight excluding hydrogens is 180 g/mol. The number of carbonyl (C=O) groups excluding carboxylic acids is 2. The second-order valence-electron chi connectivity index (χ2n) is 4.43. The standard InChI is InChI=1S/C11H14O3/c1-7-4-11(10(13)14-2)5-8(7)3-9(12)6-11/h8H,1,3-6H2,2H3. The minimum Gasteiger partial charge on any atom is -0.469 e. The van der Waals surface area contributed by atoms with Crippen LogP contribution in [0.15, 0.2) is 12.2 Å². The normalized spacial score (nSPS) is 35.9. The van der Waals surface area contributed by atoms with E-state index in [0.717, 1.165) is 12.0 Å². The number of hydrogen-bond acceptors (Lipinski definition) is 3. The van der Waals surface area contributed by atoms with Crippen molar-refractivity contribution in [1.82, 2.24) is 0 Å². The molecule has 2 aliphatic carbocycles. The van der Waals surface area contributed by atoms with Gasteiger partial charge in [0.15, 0.2) is 0 Å². The molecule has 0 heterocycles. The number of esters is 1. The topological polar surface area (TPSA) is 43.4 Å². The van der Waals surface area contributed by atoms with Crippen LogP contribution in [0, 0.1) is 11.3 Å². The number of carbonyl (C=O) groups is 2. The van der Waals surface area contributed by atoms with Gasteiger partial charge in [-0.3, -0.25) is 9.59 Å². The molecule has 2 bridgehead atoms. The lowest BCUT2D eigenvalue weighted by Gasteiger charge is -2.28. The van der Waals surface area contributed by atoms with Gasteiger partial charge in [-0.15, -0.1) is 0 Å². The molecule has 3 nitrogen and oxygen atoms in total. The summed E-state index contributed by atoms with van der Waals surface area (Å²) in [5.74, 6) is 0.148. The molecule has 0 amide bonds. The Labute approximate surface area is 83.1 Å². The Morgan fingerprint density at radius 3 is 2.93 bits per heavy atom. The Hall–Kier alpha value is -1.12. The van der Waals surface area contributed by atoms with Crippen molar-refractivity contribution in [2.75, 3.05) is 7.11 Å². The Kier molecular flexibility index (Phi) is 1.98. The summed E-state index contributed by atoms with van der Waals surface area (Å²) in [7, 11) is 1.38. The highest BCUT2D eigenvalue weighted by molar-refractivity contribution is 5.90. The molecule has 2 unspecified atom stereocenters. The van der Waals surface area contributed by atoms with Crippen LogP contribution in [-0.4, -0.2) is 18.9 Å².